The molecule has 1 aliphatic heterocycles. The van der Waals surface area contributed by atoms with E-state index in [1.165, 1.54) is 24.3 Å². The summed E-state index contributed by atoms with van der Waals surface area (Å²) in [5.41, 5.74) is 3.87. The van der Waals surface area contributed by atoms with Crippen LogP contribution in [0, 0.1) is 12.7 Å². The van der Waals surface area contributed by atoms with Gasteiger partial charge in [-0.3, -0.25) is 9.59 Å². The van der Waals surface area contributed by atoms with Gasteiger partial charge in [0.15, 0.2) is 0 Å². The average Bonchev–Trinajstić information content (AvgIpc) is 2.80. The molecule has 1 saturated heterocycles. The minimum absolute atomic E-state index is 0.0802. The van der Waals surface area contributed by atoms with Gasteiger partial charge in [0.1, 0.15) is 5.82 Å². The van der Waals surface area contributed by atoms with Crippen molar-refractivity contribution in [3.63, 3.8) is 0 Å². The van der Waals surface area contributed by atoms with E-state index in [1.807, 2.05) is 60.4 Å². The van der Waals surface area contributed by atoms with Crippen LogP contribution in [-0.2, 0) is 0 Å². The maximum Gasteiger partial charge on any atom is 0.255 e. The number of amides is 2. The van der Waals surface area contributed by atoms with Gasteiger partial charge in [0, 0.05) is 48.7 Å². The lowest BCUT2D eigenvalue weighted by atomic mass is 10.1. The zero-order valence-corrected chi connectivity index (χ0v) is 17.3. The van der Waals surface area contributed by atoms with Crippen molar-refractivity contribution in [1.82, 2.24) is 4.90 Å². The minimum Gasteiger partial charge on any atom is -0.368 e. The summed E-state index contributed by atoms with van der Waals surface area (Å²) in [4.78, 5) is 29.2. The molecule has 31 heavy (non-hydrogen) atoms. The summed E-state index contributed by atoms with van der Waals surface area (Å²) in [5.74, 6) is -0.575. The first-order valence-corrected chi connectivity index (χ1v) is 10.3. The quantitative estimate of drug-likeness (QED) is 0.687. The molecule has 3 aromatic carbocycles. The van der Waals surface area contributed by atoms with Gasteiger partial charge in [-0.05, 0) is 67.1 Å². The fourth-order valence-corrected chi connectivity index (χ4v) is 3.71. The van der Waals surface area contributed by atoms with Crippen molar-refractivity contribution in [3.8, 4) is 0 Å². The number of aryl methyl sites for hydroxylation is 1. The SMILES string of the molecule is Cc1ccccc1C(=O)N1CCN(c2ccc(NC(=O)c3ccc(F)cc3)cc2)CC1. The van der Waals surface area contributed by atoms with Gasteiger partial charge < -0.3 is 15.1 Å². The maximum absolute atomic E-state index is 13.0. The van der Waals surface area contributed by atoms with E-state index in [0.29, 0.717) is 24.3 Å². The first kappa shape index (κ1) is 20.6. The Bertz CT molecular complexity index is 1070. The predicted octanol–water partition coefficient (Wildman–Crippen LogP) is 4.35. The fraction of sp³-hybridized carbons (Fsp3) is 0.200. The number of hydrogen-bond donors (Lipinski definition) is 1. The van der Waals surface area contributed by atoms with Crippen LogP contribution in [0.5, 0.6) is 0 Å². The largest absolute Gasteiger partial charge is 0.368 e. The zero-order chi connectivity index (χ0) is 21.8. The second-order valence-electron chi connectivity index (χ2n) is 7.60. The Hall–Kier alpha value is -3.67. The Balaban J connectivity index is 1.34. The Labute approximate surface area is 181 Å². The summed E-state index contributed by atoms with van der Waals surface area (Å²) >= 11 is 0. The van der Waals surface area contributed by atoms with Crippen molar-refractivity contribution >= 4 is 23.2 Å². The van der Waals surface area contributed by atoms with Crippen LogP contribution >= 0.6 is 0 Å². The summed E-state index contributed by atoms with van der Waals surface area (Å²) in [6.45, 7) is 4.78. The van der Waals surface area contributed by atoms with E-state index >= 15 is 0 Å². The lowest BCUT2D eigenvalue weighted by Gasteiger charge is -2.36. The predicted molar refractivity (Wildman–Crippen MR) is 120 cm³/mol. The number of halogens is 1. The number of anilines is 2. The van der Waals surface area contributed by atoms with E-state index in [1.54, 1.807) is 0 Å². The molecule has 6 heteroatoms. The molecule has 5 nitrogen and oxygen atoms in total. The van der Waals surface area contributed by atoms with Crippen molar-refractivity contribution in [3.05, 3.63) is 95.3 Å². The monoisotopic (exact) mass is 417 g/mol. The van der Waals surface area contributed by atoms with Crippen LogP contribution in [0.25, 0.3) is 0 Å². The van der Waals surface area contributed by atoms with Crippen LogP contribution < -0.4 is 10.2 Å². The normalized spacial score (nSPS) is 13.7. The van der Waals surface area contributed by atoms with Gasteiger partial charge in [-0.15, -0.1) is 0 Å². The topological polar surface area (TPSA) is 52.7 Å². The van der Waals surface area contributed by atoms with E-state index in [-0.39, 0.29) is 17.6 Å². The molecule has 0 unspecified atom stereocenters. The Kier molecular flexibility index (Phi) is 5.98. The highest BCUT2D eigenvalue weighted by atomic mass is 19.1. The van der Waals surface area contributed by atoms with E-state index in [9.17, 15) is 14.0 Å². The molecule has 1 N–H and O–H groups in total. The highest BCUT2D eigenvalue weighted by molar-refractivity contribution is 6.04. The van der Waals surface area contributed by atoms with Crippen LogP contribution in [0.1, 0.15) is 26.3 Å². The summed E-state index contributed by atoms with van der Waals surface area (Å²) in [6, 6.07) is 20.7. The number of piperazine rings is 1. The third kappa shape index (κ3) is 4.74. The molecule has 1 fully saturated rings. The van der Waals surface area contributed by atoms with E-state index in [0.717, 1.165) is 29.9 Å². The molecule has 0 aliphatic carbocycles. The number of rotatable bonds is 4. The van der Waals surface area contributed by atoms with E-state index < -0.39 is 0 Å². The van der Waals surface area contributed by atoms with Crippen LogP contribution in [0.4, 0.5) is 15.8 Å². The van der Waals surface area contributed by atoms with Crippen molar-refractivity contribution < 1.29 is 14.0 Å². The number of benzene rings is 3. The van der Waals surface area contributed by atoms with E-state index in [4.69, 9.17) is 0 Å². The van der Waals surface area contributed by atoms with Gasteiger partial charge in [-0.1, -0.05) is 18.2 Å². The van der Waals surface area contributed by atoms with Gasteiger partial charge in [-0.25, -0.2) is 4.39 Å². The molecule has 2 amide bonds. The molecule has 0 aromatic heterocycles. The molecule has 0 saturated carbocycles. The molecular weight excluding hydrogens is 393 g/mol. The van der Waals surface area contributed by atoms with Crippen LogP contribution in [-0.4, -0.2) is 42.9 Å². The van der Waals surface area contributed by atoms with Crippen LogP contribution in [0.3, 0.4) is 0 Å². The number of carbonyl (C=O) groups excluding carboxylic acids is 2. The molecule has 0 atom stereocenters. The zero-order valence-electron chi connectivity index (χ0n) is 17.3. The van der Waals surface area contributed by atoms with Gasteiger partial charge in [-0.2, -0.15) is 0 Å². The van der Waals surface area contributed by atoms with Crippen molar-refractivity contribution in [2.75, 3.05) is 36.4 Å². The second kappa shape index (κ2) is 9.00. The summed E-state index contributed by atoms with van der Waals surface area (Å²) in [7, 11) is 0. The van der Waals surface area contributed by atoms with Crippen molar-refractivity contribution in [2.24, 2.45) is 0 Å². The van der Waals surface area contributed by atoms with Crippen LogP contribution in [0.2, 0.25) is 0 Å². The van der Waals surface area contributed by atoms with Crippen molar-refractivity contribution in [1.29, 1.82) is 0 Å². The smallest absolute Gasteiger partial charge is 0.255 e. The molecule has 1 aliphatic rings. The first-order valence-electron chi connectivity index (χ1n) is 10.3. The summed E-state index contributed by atoms with van der Waals surface area (Å²) in [5, 5.41) is 2.82. The molecule has 1 heterocycles. The van der Waals surface area contributed by atoms with Gasteiger partial charge in [0.05, 0.1) is 0 Å². The minimum atomic E-state index is -0.374. The van der Waals surface area contributed by atoms with E-state index in [2.05, 4.69) is 10.2 Å². The summed E-state index contributed by atoms with van der Waals surface area (Å²) < 4.78 is 13.0. The van der Waals surface area contributed by atoms with Gasteiger partial charge in [0.2, 0.25) is 0 Å². The summed E-state index contributed by atoms with van der Waals surface area (Å²) in [6.07, 6.45) is 0. The highest BCUT2D eigenvalue weighted by Crippen LogP contribution is 2.21. The number of nitrogens with one attached hydrogen (secondary N) is 1. The molecular formula is C25H24FN3O2. The van der Waals surface area contributed by atoms with Crippen molar-refractivity contribution in [2.45, 2.75) is 6.92 Å². The molecule has 0 bridgehead atoms. The maximum atomic E-state index is 13.0. The third-order valence-electron chi connectivity index (χ3n) is 5.54. The Morgan fingerprint density at radius 1 is 0.839 bits per heavy atom. The Morgan fingerprint density at radius 3 is 2.13 bits per heavy atom. The average molecular weight is 417 g/mol. The first-order chi connectivity index (χ1) is 15.0. The second-order valence-corrected chi connectivity index (χ2v) is 7.60. The number of hydrogen-bond acceptors (Lipinski definition) is 3. The highest BCUT2D eigenvalue weighted by Gasteiger charge is 2.23. The molecule has 3 aromatic rings. The fourth-order valence-electron chi connectivity index (χ4n) is 3.71. The molecule has 0 spiro atoms. The Morgan fingerprint density at radius 2 is 1.48 bits per heavy atom. The lowest BCUT2D eigenvalue weighted by molar-refractivity contribution is 0.0746. The standard InChI is InChI=1S/C25H24FN3O2/c1-18-4-2-3-5-23(18)25(31)29-16-14-28(15-17-29)22-12-10-21(11-13-22)27-24(30)19-6-8-20(26)9-7-19/h2-13H,14-17H2,1H3,(H,27,30). The molecule has 158 valence electrons. The lowest BCUT2D eigenvalue weighted by Crippen LogP contribution is -2.48. The van der Waals surface area contributed by atoms with Gasteiger partial charge >= 0.3 is 0 Å². The van der Waals surface area contributed by atoms with Gasteiger partial charge in [0.25, 0.3) is 11.8 Å². The number of nitrogens with zero attached hydrogens (tertiary/aromatic N) is 2. The number of carbonyl (C=O) groups is 2. The third-order valence-corrected chi connectivity index (χ3v) is 5.54. The molecule has 4 rings (SSSR count). The molecule has 0 radical (unpaired) electrons. The van der Waals surface area contributed by atoms with Crippen LogP contribution in [0.15, 0.2) is 72.8 Å².